The second-order valence-electron chi connectivity index (χ2n) is 7.39. The highest BCUT2D eigenvalue weighted by Crippen LogP contribution is 2.28. The van der Waals surface area contributed by atoms with Gasteiger partial charge in [-0.1, -0.05) is 6.07 Å². The predicted octanol–water partition coefficient (Wildman–Crippen LogP) is 3.38. The van der Waals surface area contributed by atoms with Crippen LogP contribution in [0.15, 0.2) is 48.7 Å². The van der Waals surface area contributed by atoms with Crippen LogP contribution in [0.5, 0.6) is 0 Å². The van der Waals surface area contributed by atoms with Gasteiger partial charge in [-0.2, -0.15) is 5.10 Å². The fourth-order valence-corrected chi connectivity index (χ4v) is 3.91. The lowest BCUT2D eigenvalue weighted by atomic mass is 9.85. The predicted molar refractivity (Wildman–Crippen MR) is 106 cm³/mol. The van der Waals surface area contributed by atoms with Gasteiger partial charge in [0.2, 0.25) is 0 Å². The van der Waals surface area contributed by atoms with Crippen molar-refractivity contribution in [3.05, 3.63) is 77.2 Å². The van der Waals surface area contributed by atoms with Crippen molar-refractivity contribution in [1.82, 2.24) is 20.4 Å². The van der Waals surface area contributed by atoms with Gasteiger partial charge in [0.15, 0.2) is 11.6 Å². The van der Waals surface area contributed by atoms with E-state index in [1.54, 1.807) is 36.1 Å². The number of hydrogen-bond acceptors (Lipinski definition) is 3. The van der Waals surface area contributed by atoms with Gasteiger partial charge >= 0.3 is 0 Å². The zero-order valence-corrected chi connectivity index (χ0v) is 16.3. The van der Waals surface area contributed by atoms with Crippen LogP contribution in [0.4, 0.5) is 13.2 Å². The number of carbonyl (C=O) groups excluding carboxylic acids is 1. The molecular weight excluding hydrogens is 393 g/mol. The molecule has 0 saturated carbocycles. The Kier molecular flexibility index (Phi) is 5.59. The topological polar surface area (TPSA) is 59.0 Å². The minimum atomic E-state index is -0.913. The van der Waals surface area contributed by atoms with Crippen molar-refractivity contribution in [1.29, 1.82) is 0 Å². The molecule has 1 saturated heterocycles. The molecule has 2 aromatic carbocycles. The fraction of sp³-hybridized carbons (Fsp3) is 0.273. The van der Waals surface area contributed by atoms with E-state index < -0.39 is 23.4 Å². The molecule has 5 nitrogen and oxygen atoms in total. The van der Waals surface area contributed by atoms with Crippen LogP contribution in [0.1, 0.15) is 28.3 Å². The molecule has 8 heteroatoms. The summed E-state index contributed by atoms with van der Waals surface area (Å²) >= 11 is 0. The molecule has 0 bridgehead atoms. The second-order valence-corrected chi connectivity index (χ2v) is 7.39. The molecule has 1 amide bonds. The van der Waals surface area contributed by atoms with Gasteiger partial charge in [-0.15, -0.1) is 0 Å². The van der Waals surface area contributed by atoms with Gasteiger partial charge in [0.1, 0.15) is 5.82 Å². The number of rotatable bonds is 4. The Labute approximate surface area is 171 Å². The molecule has 2 heterocycles. The Hall–Kier alpha value is -3.13. The second kappa shape index (κ2) is 8.31. The lowest BCUT2D eigenvalue weighted by molar-refractivity contribution is 0.0924. The van der Waals surface area contributed by atoms with E-state index >= 15 is 0 Å². The molecule has 1 fully saturated rings. The first kappa shape index (κ1) is 20.2. The van der Waals surface area contributed by atoms with Crippen LogP contribution in [0, 0.1) is 17.5 Å². The molecule has 0 spiro atoms. The minimum Gasteiger partial charge on any atom is -0.347 e. The molecule has 1 aromatic heterocycles. The quantitative estimate of drug-likeness (QED) is 0.688. The lowest BCUT2D eigenvalue weighted by Crippen LogP contribution is -2.50. The fourth-order valence-electron chi connectivity index (χ4n) is 3.91. The number of carbonyl (C=O) groups is 1. The number of piperidine rings is 1. The highest BCUT2D eigenvalue weighted by Gasteiger charge is 2.29. The molecule has 1 aliphatic rings. The largest absolute Gasteiger partial charge is 0.347 e. The average molecular weight is 414 g/mol. The van der Waals surface area contributed by atoms with E-state index in [-0.39, 0.29) is 17.5 Å². The van der Waals surface area contributed by atoms with Gasteiger partial charge in [-0.05, 0) is 54.9 Å². The summed E-state index contributed by atoms with van der Waals surface area (Å²) in [6.45, 7) is 1.18. The Morgan fingerprint density at radius 3 is 2.63 bits per heavy atom. The Morgan fingerprint density at radius 1 is 1.10 bits per heavy atom. The van der Waals surface area contributed by atoms with Crippen LogP contribution >= 0.6 is 0 Å². The van der Waals surface area contributed by atoms with E-state index in [0.29, 0.717) is 36.3 Å². The summed E-state index contributed by atoms with van der Waals surface area (Å²) in [6, 6.07) is 9.46. The van der Waals surface area contributed by atoms with Gasteiger partial charge in [0.25, 0.3) is 5.91 Å². The zero-order valence-electron chi connectivity index (χ0n) is 16.3. The molecule has 1 aliphatic heterocycles. The first-order chi connectivity index (χ1) is 14.4. The molecule has 0 radical (unpaired) electrons. The van der Waals surface area contributed by atoms with E-state index in [9.17, 15) is 18.0 Å². The van der Waals surface area contributed by atoms with Crippen LogP contribution < -0.4 is 10.6 Å². The molecule has 4 rings (SSSR count). The molecule has 0 aliphatic carbocycles. The number of benzene rings is 2. The number of nitrogens with one attached hydrogen (secondary N) is 2. The summed E-state index contributed by atoms with van der Waals surface area (Å²) in [5.41, 5.74) is 1.77. The van der Waals surface area contributed by atoms with Crippen molar-refractivity contribution in [2.24, 2.45) is 7.05 Å². The lowest BCUT2D eigenvalue weighted by Gasteiger charge is -2.33. The summed E-state index contributed by atoms with van der Waals surface area (Å²) in [5, 5.41) is 10.1. The number of aryl methyl sites for hydroxylation is 1. The van der Waals surface area contributed by atoms with Gasteiger partial charge < -0.3 is 10.6 Å². The summed E-state index contributed by atoms with van der Waals surface area (Å²) < 4.78 is 43.2. The normalized spacial score (nSPS) is 18.9. The van der Waals surface area contributed by atoms with Crippen molar-refractivity contribution in [3.8, 4) is 11.3 Å². The number of nitrogens with zero attached hydrogens (tertiary/aromatic N) is 2. The molecule has 30 heavy (non-hydrogen) atoms. The smallest absolute Gasteiger partial charge is 0.251 e. The highest BCUT2D eigenvalue weighted by atomic mass is 19.2. The van der Waals surface area contributed by atoms with Gasteiger partial charge in [0.05, 0.1) is 5.69 Å². The summed E-state index contributed by atoms with van der Waals surface area (Å²) in [7, 11) is 1.71. The van der Waals surface area contributed by atoms with Crippen LogP contribution in [0.25, 0.3) is 11.3 Å². The van der Waals surface area contributed by atoms with Crippen molar-refractivity contribution < 1.29 is 18.0 Å². The standard InChI is InChI=1S/C22H21F3N4O/c1-29-21(7-9-27-29)16-4-2-14(11-18(16)24)22(30)28-20-12-26-8-6-15(20)13-3-5-17(23)19(25)10-13/h2-5,7,9-11,15,20,26H,6,8,12H2,1H3,(H,28,30)/t15-,20+/m0/s1. The first-order valence-corrected chi connectivity index (χ1v) is 9.68. The summed E-state index contributed by atoms with van der Waals surface area (Å²) in [4.78, 5) is 12.8. The maximum absolute atomic E-state index is 14.6. The van der Waals surface area contributed by atoms with Crippen molar-refractivity contribution in [2.45, 2.75) is 18.4 Å². The van der Waals surface area contributed by atoms with Crippen LogP contribution in [-0.4, -0.2) is 34.8 Å². The SMILES string of the molecule is Cn1nccc1-c1ccc(C(=O)N[C@@H]2CNCC[C@H]2c2ccc(F)c(F)c2)cc1F. The number of aromatic nitrogens is 2. The number of amides is 1. The van der Waals surface area contributed by atoms with E-state index in [0.717, 1.165) is 6.07 Å². The Bertz CT molecular complexity index is 1080. The zero-order chi connectivity index (χ0) is 21.3. The van der Waals surface area contributed by atoms with Gasteiger partial charge in [-0.3, -0.25) is 9.48 Å². The molecular formula is C22H21F3N4O. The summed E-state index contributed by atoms with van der Waals surface area (Å²) in [6.07, 6.45) is 2.23. The van der Waals surface area contributed by atoms with Crippen molar-refractivity contribution in [2.75, 3.05) is 13.1 Å². The molecule has 3 aromatic rings. The third kappa shape index (κ3) is 3.95. The van der Waals surface area contributed by atoms with Crippen LogP contribution in [0.2, 0.25) is 0 Å². The van der Waals surface area contributed by atoms with E-state index in [4.69, 9.17) is 0 Å². The third-order valence-electron chi connectivity index (χ3n) is 5.50. The van der Waals surface area contributed by atoms with E-state index in [2.05, 4.69) is 15.7 Å². The Morgan fingerprint density at radius 2 is 1.93 bits per heavy atom. The van der Waals surface area contributed by atoms with Crippen molar-refractivity contribution >= 4 is 5.91 Å². The van der Waals surface area contributed by atoms with E-state index in [1.807, 2.05) is 0 Å². The van der Waals surface area contributed by atoms with Gasteiger partial charge in [-0.25, -0.2) is 13.2 Å². The molecule has 156 valence electrons. The third-order valence-corrected chi connectivity index (χ3v) is 5.50. The van der Waals surface area contributed by atoms with Gasteiger partial charge in [0, 0.05) is 42.9 Å². The highest BCUT2D eigenvalue weighted by molar-refractivity contribution is 5.95. The van der Waals surface area contributed by atoms with Crippen molar-refractivity contribution in [3.63, 3.8) is 0 Å². The average Bonchev–Trinajstić information content (AvgIpc) is 3.16. The summed E-state index contributed by atoms with van der Waals surface area (Å²) in [5.74, 6) is -2.94. The monoisotopic (exact) mass is 414 g/mol. The van der Waals surface area contributed by atoms with Crippen LogP contribution in [0.3, 0.4) is 0 Å². The molecule has 2 N–H and O–H groups in total. The maximum Gasteiger partial charge on any atom is 0.251 e. The molecule has 2 atom stereocenters. The Balaban J connectivity index is 1.54. The number of hydrogen-bond donors (Lipinski definition) is 2. The van der Waals surface area contributed by atoms with Crippen LogP contribution in [-0.2, 0) is 7.05 Å². The number of halogens is 3. The molecule has 0 unspecified atom stereocenters. The maximum atomic E-state index is 14.6. The first-order valence-electron chi connectivity index (χ1n) is 9.68. The van der Waals surface area contributed by atoms with E-state index in [1.165, 1.54) is 18.2 Å². The minimum absolute atomic E-state index is 0.177.